The number of nitrogens with one attached hydrogen (secondary N) is 2. The SMILES string of the molecule is CSc1ccc(Nc2nn(C3(CC#N)CN(C(=O)OC(C)(C)C)C3)c(/C=C\NC=O)c2C)cc1. The topological polar surface area (TPSA) is 112 Å². The Balaban J connectivity index is 1.95. The van der Waals surface area contributed by atoms with E-state index >= 15 is 0 Å². The summed E-state index contributed by atoms with van der Waals surface area (Å²) in [5, 5.41) is 20.3. The van der Waals surface area contributed by atoms with Crippen molar-refractivity contribution < 1.29 is 14.3 Å². The minimum atomic E-state index is -0.708. The number of anilines is 2. The van der Waals surface area contributed by atoms with Crippen LogP contribution in [0.4, 0.5) is 16.3 Å². The van der Waals surface area contributed by atoms with Crippen LogP contribution in [0.15, 0.2) is 35.4 Å². The van der Waals surface area contributed by atoms with Crippen LogP contribution in [0.5, 0.6) is 0 Å². The van der Waals surface area contributed by atoms with E-state index in [1.165, 1.54) is 6.20 Å². The number of aromatic nitrogens is 2. The Morgan fingerprint density at radius 1 is 1.32 bits per heavy atom. The number of rotatable bonds is 8. The van der Waals surface area contributed by atoms with Gasteiger partial charge in [-0.25, -0.2) is 4.79 Å². The van der Waals surface area contributed by atoms with Crippen molar-refractivity contribution in [2.24, 2.45) is 0 Å². The lowest BCUT2D eigenvalue weighted by atomic mass is 9.86. The Hall–Kier alpha value is -3.45. The quantitative estimate of drug-likeness (QED) is 0.428. The van der Waals surface area contributed by atoms with Crippen LogP contribution in [-0.4, -0.2) is 52.1 Å². The number of nitrogens with zero attached hydrogens (tertiary/aromatic N) is 4. The van der Waals surface area contributed by atoms with Crippen molar-refractivity contribution in [3.63, 3.8) is 0 Å². The fourth-order valence-corrected chi connectivity index (χ4v) is 4.16. The molecule has 0 bridgehead atoms. The van der Waals surface area contributed by atoms with E-state index in [4.69, 9.17) is 9.84 Å². The number of ether oxygens (including phenoxy) is 1. The Kier molecular flexibility index (Phi) is 7.57. The number of likely N-dealkylation sites (tertiary alicyclic amines) is 1. The molecule has 0 atom stereocenters. The van der Waals surface area contributed by atoms with Crippen molar-refractivity contribution >= 4 is 41.8 Å². The second-order valence-corrected chi connectivity index (χ2v) is 10.0. The minimum Gasteiger partial charge on any atom is -0.444 e. The van der Waals surface area contributed by atoms with Crippen molar-refractivity contribution in [1.82, 2.24) is 20.0 Å². The Morgan fingerprint density at radius 2 is 2.00 bits per heavy atom. The first-order valence-corrected chi connectivity index (χ1v) is 12.1. The Labute approximate surface area is 204 Å². The van der Waals surface area contributed by atoms with Gasteiger partial charge in [-0.05, 0) is 64.3 Å². The van der Waals surface area contributed by atoms with Crippen LogP contribution in [0.25, 0.3) is 6.08 Å². The van der Waals surface area contributed by atoms with Gasteiger partial charge in [0, 0.05) is 22.3 Å². The Morgan fingerprint density at radius 3 is 2.56 bits per heavy atom. The lowest BCUT2D eigenvalue weighted by molar-refractivity contribution is -0.108. The number of hydrogen-bond acceptors (Lipinski definition) is 7. The molecule has 1 saturated heterocycles. The van der Waals surface area contributed by atoms with Crippen LogP contribution in [0, 0.1) is 18.3 Å². The average Bonchev–Trinajstić information content (AvgIpc) is 3.05. The number of carbonyl (C=O) groups excluding carboxylic acids is 2. The lowest BCUT2D eigenvalue weighted by Gasteiger charge is -2.49. The highest BCUT2D eigenvalue weighted by molar-refractivity contribution is 7.98. The van der Waals surface area contributed by atoms with Gasteiger partial charge in [-0.2, -0.15) is 10.4 Å². The predicted octanol–water partition coefficient (Wildman–Crippen LogP) is 4.23. The summed E-state index contributed by atoms with van der Waals surface area (Å²) < 4.78 is 7.27. The van der Waals surface area contributed by atoms with Gasteiger partial charge in [0.2, 0.25) is 6.41 Å². The standard InChI is InChI=1S/C24H30N6O3S/c1-17-20(10-13-26-16-31)30(28-21(17)27-18-6-8-19(34-5)9-7-18)24(11-12-25)14-29(15-24)22(32)33-23(2,3)4/h6-10,13,16H,11,14-15H2,1-5H3,(H,26,31)(H,27,28)/b13-10-. The van der Waals surface area contributed by atoms with Crippen LogP contribution >= 0.6 is 11.8 Å². The predicted molar refractivity (Wildman–Crippen MR) is 133 cm³/mol. The van der Waals surface area contributed by atoms with Gasteiger partial charge >= 0.3 is 6.09 Å². The molecule has 1 aliphatic rings. The molecule has 1 aromatic heterocycles. The van der Waals surface area contributed by atoms with Crippen molar-refractivity contribution in [3.05, 3.63) is 41.7 Å². The summed E-state index contributed by atoms with van der Waals surface area (Å²) in [6.07, 6.45) is 5.61. The summed E-state index contributed by atoms with van der Waals surface area (Å²) in [6.45, 7) is 7.96. The molecule has 2 amide bonds. The van der Waals surface area contributed by atoms with E-state index in [0.29, 0.717) is 25.3 Å². The first-order valence-electron chi connectivity index (χ1n) is 10.8. The summed E-state index contributed by atoms with van der Waals surface area (Å²) in [4.78, 5) is 26.0. The van der Waals surface area contributed by atoms with Crippen LogP contribution in [0.1, 0.15) is 38.4 Å². The number of benzene rings is 1. The first kappa shape index (κ1) is 25.2. The summed E-state index contributed by atoms with van der Waals surface area (Å²) in [5.74, 6) is 0.635. The maximum absolute atomic E-state index is 12.5. The monoisotopic (exact) mass is 482 g/mol. The van der Waals surface area contributed by atoms with E-state index in [-0.39, 0.29) is 6.42 Å². The third-order valence-corrected chi connectivity index (χ3v) is 6.15. The maximum atomic E-state index is 12.5. The smallest absolute Gasteiger partial charge is 0.410 e. The van der Waals surface area contributed by atoms with E-state index < -0.39 is 17.2 Å². The molecule has 0 spiro atoms. The first-order chi connectivity index (χ1) is 16.1. The zero-order valence-electron chi connectivity index (χ0n) is 20.1. The molecule has 2 N–H and O–H groups in total. The van der Waals surface area contributed by atoms with Gasteiger partial charge in [-0.3, -0.25) is 9.48 Å². The van der Waals surface area contributed by atoms with Crippen molar-refractivity contribution in [2.45, 2.75) is 50.2 Å². The molecule has 2 heterocycles. The summed E-state index contributed by atoms with van der Waals surface area (Å²) >= 11 is 1.66. The van der Waals surface area contributed by atoms with Crippen LogP contribution in [0.3, 0.4) is 0 Å². The Bertz CT molecular complexity index is 1110. The van der Waals surface area contributed by atoms with E-state index in [9.17, 15) is 14.9 Å². The fraction of sp³-hybridized carbons (Fsp3) is 0.417. The number of thioether (sulfide) groups is 1. The zero-order chi connectivity index (χ0) is 24.9. The fourth-order valence-electron chi connectivity index (χ4n) is 3.75. The highest BCUT2D eigenvalue weighted by Gasteiger charge is 2.50. The van der Waals surface area contributed by atoms with Crippen molar-refractivity contribution in [3.8, 4) is 6.07 Å². The highest BCUT2D eigenvalue weighted by atomic mass is 32.2. The summed E-state index contributed by atoms with van der Waals surface area (Å²) in [6, 6.07) is 10.2. The molecule has 180 valence electrons. The van der Waals surface area contributed by atoms with E-state index in [1.54, 1.807) is 27.4 Å². The largest absolute Gasteiger partial charge is 0.444 e. The van der Waals surface area contributed by atoms with Crippen LogP contribution in [-0.2, 0) is 15.1 Å². The third kappa shape index (κ3) is 5.54. The van der Waals surface area contributed by atoms with Crippen molar-refractivity contribution in [1.29, 1.82) is 5.26 Å². The van der Waals surface area contributed by atoms with Crippen LogP contribution < -0.4 is 10.6 Å². The molecule has 0 aliphatic carbocycles. The van der Waals surface area contributed by atoms with Gasteiger partial charge in [0.05, 0.1) is 31.3 Å². The molecule has 0 saturated carbocycles. The molecule has 10 heteroatoms. The number of amides is 2. The minimum absolute atomic E-state index is 0.164. The van der Waals surface area contributed by atoms with E-state index in [0.717, 1.165) is 21.8 Å². The molecule has 2 aromatic rings. The molecule has 3 rings (SSSR count). The molecule has 9 nitrogen and oxygen atoms in total. The second kappa shape index (κ2) is 10.2. The summed E-state index contributed by atoms with van der Waals surface area (Å²) in [7, 11) is 0. The molecule has 0 unspecified atom stereocenters. The van der Waals surface area contributed by atoms with E-state index in [2.05, 4.69) is 16.7 Å². The van der Waals surface area contributed by atoms with Crippen molar-refractivity contribution in [2.75, 3.05) is 24.7 Å². The van der Waals surface area contributed by atoms with Gasteiger partial charge < -0.3 is 20.3 Å². The molecule has 1 fully saturated rings. The number of nitriles is 1. The molecule has 34 heavy (non-hydrogen) atoms. The molecular weight excluding hydrogens is 452 g/mol. The number of carbonyl (C=O) groups is 2. The van der Waals surface area contributed by atoms with Gasteiger partial charge in [0.25, 0.3) is 0 Å². The summed E-state index contributed by atoms with van der Waals surface area (Å²) in [5.41, 5.74) is 1.15. The molecular formula is C24H30N6O3S. The molecule has 1 aliphatic heterocycles. The molecule has 0 radical (unpaired) electrons. The van der Waals surface area contributed by atoms with E-state index in [1.807, 2.05) is 58.2 Å². The molecule has 1 aromatic carbocycles. The van der Waals surface area contributed by atoms with Gasteiger partial charge in [0.15, 0.2) is 5.82 Å². The average molecular weight is 483 g/mol. The highest BCUT2D eigenvalue weighted by Crippen LogP contribution is 2.37. The third-order valence-electron chi connectivity index (χ3n) is 5.41. The second-order valence-electron chi connectivity index (χ2n) is 9.14. The maximum Gasteiger partial charge on any atom is 0.410 e. The van der Waals surface area contributed by atoms with Gasteiger partial charge in [-0.15, -0.1) is 11.8 Å². The number of hydrogen-bond donors (Lipinski definition) is 2. The van der Waals surface area contributed by atoms with Crippen LogP contribution in [0.2, 0.25) is 0 Å². The van der Waals surface area contributed by atoms with Gasteiger partial charge in [-0.1, -0.05) is 0 Å². The van der Waals surface area contributed by atoms with Gasteiger partial charge in [0.1, 0.15) is 11.1 Å². The zero-order valence-corrected chi connectivity index (χ0v) is 20.9. The lowest BCUT2D eigenvalue weighted by Crippen LogP contribution is -2.65. The normalized spacial score (nSPS) is 14.9.